The third-order valence-corrected chi connectivity index (χ3v) is 4.75. The minimum absolute atomic E-state index is 0.0784. The fourth-order valence-electron chi connectivity index (χ4n) is 3.20. The van der Waals surface area contributed by atoms with E-state index in [1.165, 1.54) is 10.9 Å². The Kier molecular flexibility index (Phi) is 6.95. The lowest BCUT2D eigenvalue weighted by molar-refractivity contribution is -0.121. The van der Waals surface area contributed by atoms with Crippen LogP contribution in [0, 0.1) is 6.92 Å². The first-order chi connectivity index (χ1) is 13.1. The van der Waals surface area contributed by atoms with Crippen LogP contribution in [0.3, 0.4) is 0 Å². The Labute approximate surface area is 158 Å². The summed E-state index contributed by atoms with van der Waals surface area (Å²) < 4.78 is 12.5. The summed E-state index contributed by atoms with van der Waals surface area (Å²) in [7, 11) is 0. The van der Waals surface area contributed by atoms with Gasteiger partial charge in [0.15, 0.2) is 0 Å². The highest BCUT2D eigenvalue weighted by molar-refractivity contribution is 5.80. The molecule has 1 saturated heterocycles. The number of hydrogen-bond acceptors (Lipinski definition) is 5. The average molecular weight is 373 g/mol. The molecule has 1 aliphatic heterocycles. The van der Waals surface area contributed by atoms with Gasteiger partial charge in [-0.1, -0.05) is 12.1 Å². The van der Waals surface area contributed by atoms with Gasteiger partial charge in [-0.3, -0.25) is 14.2 Å². The highest BCUT2D eigenvalue weighted by Crippen LogP contribution is 2.12. The first kappa shape index (κ1) is 19.5. The van der Waals surface area contributed by atoms with Crippen molar-refractivity contribution >= 4 is 16.8 Å². The Morgan fingerprint density at radius 1 is 1.44 bits per heavy atom. The number of hydrogen-bond donors (Lipinski definition) is 1. The summed E-state index contributed by atoms with van der Waals surface area (Å²) in [6.07, 6.45) is 4.94. The van der Waals surface area contributed by atoms with Gasteiger partial charge in [-0.2, -0.15) is 0 Å². The number of aromatic nitrogens is 2. The molecule has 2 heterocycles. The third kappa shape index (κ3) is 5.37. The zero-order chi connectivity index (χ0) is 19.1. The van der Waals surface area contributed by atoms with Crippen LogP contribution in [0.25, 0.3) is 10.9 Å². The van der Waals surface area contributed by atoms with Crippen molar-refractivity contribution in [1.29, 1.82) is 0 Å². The quantitative estimate of drug-likeness (QED) is 0.678. The predicted octanol–water partition coefficient (Wildman–Crippen LogP) is 1.80. The van der Waals surface area contributed by atoms with Crippen LogP contribution in [0.15, 0.2) is 29.3 Å². The molecular formula is C20H27N3O4. The van der Waals surface area contributed by atoms with Gasteiger partial charge < -0.3 is 14.8 Å². The number of carbonyl (C=O) groups excluding carboxylic acids is 1. The zero-order valence-corrected chi connectivity index (χ0v) is 15.8. The van der Waals surface area contributed by atoms with Gasteiger partial charge in [0.05, 0.1) is 29.9 Å². The van der Waals surface area contributed by atoms with E-state index in [4.69, 9.17) is 9.47 Å². The first-order valence-electron chi connectivity index (χ1n) is 9.56. The number of aryl methyl sites for hydroxylation is 2. The fourth-order valence-corrected chi connectivity index (χ4v) is 3.20. The molecule has 27 heavy (non-hydrogen) atoms. The second-order valence-corrected chi connectivity index (χ2v) is 6.88. The van der Waals surface area contributed by atoms with Gasteiger partial charge in [-0.15, -0.1) is 0 Å². The molecular weight excluding hydrogens is 346 g/mol. The van der Waals surface area contributed by atoms with Gasteiger partial charge in [-0.25, -0.2) is 4.98 Å². The molecule has 3 rings (SSSR count). The standard InChI is InChI=1S/C20H27N3O4/c1-15-5-2-7-17-19(15)22-14-23(20(17)25)10-8-18(24)21-9-4-11-26-13-16-6-3-12-27-16/h2,5,7,14,16H,3-4,6,8-13H2,1H3,(H,21,24). The Bertz CT molecular complexity index is 828. The van der Waals surface area contributed by atoms with Crippen molar-refractivity contribution in [1.82, 2.24) is 14.9 Å². The Balaban J connectivity index is 1.37. The topological polar surface area (TPSA) is 82.5 Å². The monoisotopic (exact) mass is 373 g/mol. The number of amides is 1. The van der Waals surface area contributed by atoms with E-state index in [1.54, 1.807) is 6.07 Å². The molecule has 0 spiro atoms. The van der Waals surface area contributed by atoms with E-state index in [2.05, 4.69) is 10.3 Å². The molecule has 7 heteroatoms. The number of ether oxygens (including phenoxy) is 2. The van der Waals surface area contributed by atoms with Gasteiger partial charge in [-0.05, 0) is 37.8 Å². The van der Waals surface area contributed by atoms with Crippen molar-refractivity contribution < 1.29 is 14.3 Å². The number of nitrogens with one attached hydrogen (secondary N) is 1. The maximum Gasteiger partial charge on any atom is 0.261 e. The van der Waals surface area contributed by atoms with Crippen molar-refractivity contribution in [2.24, 2.45) is 0 Å². The first-order valence-corrected chi connectivity index (χ1v) is 9.56. The molecule has 1 aromatic carbocycles. The lowest BCUT2D eigenvalue weighted by atomic mass is 10.1. The molecule has 1 aromatic heterocycles. The molecule has 1 atom stereocenters. The van der Waals surface area contributed by atoms with Crippen LogP contribution in [0.2, 0.25) is 0 Å². The van der Waals surface area contributed by atoms with Crippen molar-refractivity contribution in [3.8, 4) is 0 Å². The molecule has 2 aromatic rings. The molecule has 1 N–H and O–H groups in total. The Morgan fingerprint density at radius 3 is 3.15 bits per heavy atom. The molecule has 0 radical (unpaired) electrons. The summed E-state index contributed by atoms with van der Waals surface area (Å²) in [6, 6.07) is 5.54. The summed E-state index contributed by atoms with van der Waals surface area (Å²) in [6.45, 7) is 4.88. The van der Waals surface area contributed by atoms with Crippen LogP contribution in [0.5, 0.6) is 0 Å². The van der Waals surface area contributed by atoms with Crippen LogP contribution in [0.4, 0.5) is 0 Å². The predicted molar refractivity (Wildman–Crippen MR) is 103 cm³/mol. The van der Waals surface area contributed by atoms with Crippen LogP contribution in [-0.4, -0.2) is 47.9 Å². The fraction of sp³-hybridized carbons (Fsp3) is 0.550. The van der Waals surface area contributed by atoms with E-state index in [0.29, 0.717) is 37.2 Å². The molecule has 0 saturated carbocycles. The van der Waals surface area contributed by atoms with Crippen LogP contribution < -0.4 is 10.9 Å². The van der Waals surface area contributed by atoms with Gasteiger partial charge in [0, 0.05) is 32.7 Å². The second-order valence-electron chi connectivity index (χ2n) is 6.88. The molecule has 1 unspecified atom stereocenters. The van der Waals surface area contributed by atoms with Gasteiger partial charge in [0.25, 0.3) is 5.56 Å². The van der Waals surface area contributed by atoms with E-state index >= 15 is 0 Å². The molecule has 7 nitrogen and oxygen atoms in total. The van der Waals surface area contributed by atoms with E-state index < -0.39 is 0 Å². The van der Waals surface area contributed by atoms with Crippen LogP contribution >= 0.6 is 0 Å². The highest BCUT2D eigenvalue weighted by atomic mass is 16.5. The van der Waals surface area contributed by atoms with E-state index in [-0.39, 0.29) is 24.0 Å². The average Bonchev–Trinajstić information content (AvgIpc) is 3.18. The summed E-state index contributed by atoms with van der Waals surface area (Å²) in [5.74, 6) is -0.0784. The Morgan fingerprint density at radius 2 is 2.33 bits per heavy atom. The van der Waals surface area contributed by atoms with Crippen LogP contribution in [0.1, 0.15) is 31.2 Å². The summed E-state index contributed by atoms with van der Waals surface area (Å²) in [5.41, 5.74) is 1.57. The minimum Gasteiger partial charge on any atom is -0.379 e. The number of nitrogens with zero attached hydrogens (tertiary/aromatic N) is 2. The summed E-state index contributed by atoms with van der Waals surface area (Å²) >= 11 is 0. The third-order valence-electron chi connectivity index (χ3n) is 4.75. The summed E-state index contributed by atoms with van der Waals surface area (Å²) in [4.78, 5) is 28.8. The highest BCUT2D eigenvalue weighted by Gasteiger charge is 2.15. The lowest BCUT2D eigenvalue weighted by Gasteiger charge is -2.10. The number of fused-ring (bicyclic) bond motifs is 1. The summed E-state index contributed by atoms with van der Waals surface area (Å²) in [5, 5.41) is 3.45. The van der Waals surface area contributed by atoms with Crippen molar-refractivity contribution in [3.63, 3.8) is 0 Å². The Hall–Kier alpha value is -2.25. The number of carbonyl (C=O) groups is 1. The SMILES string of the molecule is Cc1cccc2c(=O)n(CCC(=O)NCCCOCC3CCCO3)cnc12. The van der Waals surface area contributed by atoms with Gasteiger partial charge >= 0.3 is 0 Å². The largest absolute Gasteiger partial charge is 0.379 e. The van der Waals surface area contributed by atoms with Crippen molar-refractivity contribution in [2.45, 2.75) is 45.3 Å². The molecule has 146 valence electrons. The lowest BCUT2D eigenvalue weighted by Crippen LogP contribution is -2.29. The van der Waals surface area contributed by atoms with E-state index in [1.807, 2.05) is 19.1 Å². The second kappa shape index (κ2) is 9.62. The van der Waals surface area contributed by atoms with E-state index in [9.17, 15) is 9.59 Å². The maximum absolute atomic E-state index is 12.5. The molecule has 0 aliphatic carbocycles. The normalized spacial score (nSPS) is 16.7. The van der Waals surface area contributed by atoms with Crippen LogP contribution in [-0.2, 0) is 20.8 Å². The van der Waals surface area contributed by atoms with Crippen molar-refractivity contribution in [2.75, 3.05) is 26.4 Å². The van der Waals surface area contributed by atoms with Crippen molar-refractivity contribution in [3.05, 3.63) is 40.4 Å². The minimum atomic E-state index is -0.112. The number of rotatable bonds is 9. The molecule has 0 bridgehead atoms. The smallest absolute Gasteiger partial charge is 0.261 e. The molecule has 1 amide bonds. The molecule has 1 fully saturated rings. The number of benzene rings is 1. The van der Waals surface area contributed by atoms with Gasteiger partial charge in [0.1, 0.15) is 0 Å². The number of para-hydroxylation sites is 1. The molecule has 1 aliphatic rings. The van der Waals surface area contributed by atoms with E-state index in [0.717, 1.165) is 31.4 Å². The zero-order valence-electron chi connectivity index (χ0n) is 15.8. The maximum atomic E-state index is 12.5. The van der Waals surface area contributed by atoms with Gasteiger partial charge in [0.2, 0.25) is 5.91 Å².